The van der Waals surface area contributed by atoms with E-state index >= 15 is 0 Å². The van der Waals surface area contributed by atoms with Gasteiger partial charge in [0.05, 0.1) is 0 Å². The number of hydrogen-bond donors (Lipinski definition) is 1. The summed E-state index contributed by atoms with van der Waals surface area (Å²) >= 11 is 3.46. The summed E-state index contributed by atoms with van der Waals surface area (Å²) in [4.78, 5) is 12.8. The molecule has 0 heterocycles. The molecule has 33 heavy (non-hydrogen) atoms. The van der Waals surface area contributed by atoms with Gasteiger partial charge in [0, 0.05) is 22.8 Å². The van der Waals surface area contributed by atoms with Gasteiger partial charge < -0.3 is 14.8 Å². The van der Waals surface area contributed by atoms with E-state index in [-0.39, 0.29) is 6.61 Å². The molecule has 0 aliphatic rings. The van der Waals surface area contributed by atoms with Crippen LogP contribution in [0, 0.1) is 0 Å². The quantitative estimate of drug-likeness (QED) is 0.251. The smallest absolute Gasteiger partial charge is 0.342 e. The van der Waals surface area contributed by atoms with E-state index < -0.39 is 5.97 Å². The maximum atomic E-state index is 12.8. The summed E-state index contributed by atoms with van der Waals surface area (Å²) in [5.41, 5.74) is 4.37. The lowest BCUT2D eigenvalue weighted by molar-refractivity contribution is 0.0467. The third-order valence-electron chi connectivity index (χ3n) is 5.06. The molecule has 4 rings (SSSR count). The molecule has 0 bridgehead atoms. The van der Waals surface area contributed by atoms with Gasteiger partial charge in [-0.1, -0.05) is 88.7 Å². The molecule has 0 atom stereocenters. The lowest BCUT2D eigenvalue weighted by Crippen LogP contribution is -2.09. The number of carbonyl (C=O) groups is 1. The van der Waals surface area contributed by atoms with E-state index in [1.807, 2.05) is 84.9 Å². The van der Waals surface area contributed by atoms with Crippen LogP contribution < -0.4 is 10.1 Å². The summed E-state index contributed by atoms with van der Waals surface area (Å²) in [5, 5.41) is 3.40. The van der Waals surface area contributed by atoms with Gasteiger partial charge in [0.1, 0.15) is 24.5 Å². The molecular formula is C28H24BrNO3. The third-order valence-corrected chi connectivity index (χ3v) is 5.59. The zero-order chi connectivity index (χ0) is 22.9. The van der Waals surface area contributed by atoms with Crippen LogP contribution in [0.15, 0.2) is 108 Å². The van der Waals surface area contributed by atoms with Crippen molar-refractivity contribution in [3.63, 3.8) is 0 Å². The van der Waals surface area contributed by atoms with E-state index in [0.717, 1.165) is 26.9 Å². The van der Waals surface area contributed by atoms with E-state index in [1.54, 1.807) is 6.07 Å². The van der Waals surface area contributed by atoms with Gasteiger partial charge in [-0.25, -0.2) is 4.79 Å². The molecule has 0 saturated carbocycles. The maximum Gasteiger partial charge on any atom is 0.342 e. The van der Waals surface area contributed by atoms with Crippen LogP contribution in [0.1, 0.15) is 27.0 Å². The van der Waals surface area contributed by atoms with Crippen LogP contribution in [0.3, 0.4) is 0 Å². The zero-order valence-electron chi connectivity index (χ0n) is 18.0. The fraction of sp³-hybridized carbons (Fsp3) is 0.107. The predicted molar refractivity (Wildman–Crippen MR) is 134 cm³/mol. The Kier molecular flexibility index (Phi) is 7.77. The molecule has 5 heteroatoms. The van der Waals surface area contributed by atoms with Gasteiger partial charge in [-0.2, -0.15) is 0 Å². The average molecular weight is 502 g/mol. The van der Waals surface area contributed by atoms with E-state index in [4.69, 9.17) is 9.47 Å². The third kappa shape index (κ3) is 6.70. The Labute approximate surface area is 202 Å². The normalized spacial score (nSPS) is 10.5. The van der Waals surface area contributed by atoms with E-state index in [9.17, 15) is 4.79 Å². The highest BCUT2D eigenvalue weighted by atomic mass is 79.9. The van der Waals surface area contributed by atoms with Crippen molar-refractivity contribution in [2.45, 2.75) is 19.8 Å². The van der Waals surface area contributed by atoms with Crippen LogP contribution in [-0.4, -0.2) is 5.97 Å². The summed E-state index contributed by atoms with van der Waals surface area (Å²) < 4.78 is 12.6. The average Bonchev–Trinajstić information content (AvgIpc) is 2.87. The SMILES string of the molecule is O=C(OCc1ccccc1)c1ccc(NCc2ccc(Br)cc2)cc1OCc1ccccc1. The minimum absolute atomic E-state index is 0.210. The Morgan fingerprint density at radius 1 is 0.727 bits per heavy atom. The monoisotopic (exact) mass is 501 g/mol. The van der Waals surface area contributed by atoms with Crippen LogP contribution in [0.25, 0.3) is 0 Å². The van der Waals surface area contributed by atoms with Crippen molar-refractivity contribution in [3.05, 3.63) is 130 Å². The predicted octanol–water partition coefficient (Wildman–Crippen LogP) is 7.00. The lowest BCUT2D eigenvalue weighted by Gasteiger charge is -2.14. The number of anilines is 1. The minimum Gasteiger partial charge on any atom is -0.488 e. The number of carbonyl (C=O) groups excluding carboxylic acids is 1. The fourth-order valence-corrected chi connectivity index (χ4v) is 3.53. The number of nitrogens with one attached hydrogen (secondary N) is 1. The minimum atomic E-state index is -0.415. The van der Waals surface area contributed by atoms with Gasteiger partial charge in [0.2, 0.25) is 0 Å². The van der Waals surface area contributed by atoms with Crippen molar-refractivity contribution < 1.29 is 14.3 Å². The lowest BCUT2D eigenvalue weighted by atomic mass is 10.1. The van der Waals surface area contributed by atoms with Crippen molar-refractivity contribution in [1.29, 1.82) is 0 Å². The summed E-state index contributed by atoms with van der Waals surface area (Å²) in [6.07, 6.45) is 0. The first kappa shape index (κ1) is 22.6. The second kappa shape index (κ2) is 11.3. The number of hydrogen-bond acceptors (Lipinski definition) is 4. The number of rotatable bonds is 9. The second-order valence-electron chi connectivity index (χ2n) is 7.53. The molecule has 0 unspecified atom stereocenters. The fourth-order valence-electron chi connectivity index (χ4n) is 3.26. The van der Waals surface area contributed by atoms with Gasteiger partial charge >= 0.3 is 5.97 Å². The highest BCUT2D eigenvalue weighted by Crippen LogP contribution is 2.26. The van der Waals surface area contributed by atoms with E-state index in [2.05, 4.69) is 33.4 Å². The molecule has 0 aromatic heterocycles. The molecular weight excluding hydrogens is 478 g/mol. The molecule has 4 aromatic carbocycles. The number of benzene rings is 4. The molecule has 4 nitrogen and oxygen atoms in total. The van der Waals surface area contributed by atoms with E-state index in [1.165, 1.54) is 0 Å². The first-order chi connectivity index (χ1) is 16.2. The van der Waals surface area contributed by atoms with Gasteiger partial charge in [0.25, 0.3) is 0 Å². The van der Waals surface area contributed by atoms with Crippen molar-refractivity contribution in [2.24, 2.45) is 0 Å². The largest absolute Gasteiger partial charge is 0.488 e. The first-order valence-electron chi connectivity index (χ1n) is 10.7. The van der Waals surface area contributed by atoms with Gasteiger partial charge in [-0.3, -0.25) is 0 Å². The van der Waals surface area contributed by atoms with Crippen molar-refractivity contribution in [2.75, 3.05) is 5.32 Å². The summed E-state index contributed by atoms with van der Waals surface area (Å²) in [5.74, 6) is 0.0686. The Morgan fingerprint density at radius 3 is 2.03 bits per heavy atom. The number of ether oxygens (including phenoxy) is 2. The van der Waals surface area contributed by atoms with Crippen LogP contribution in [-0.2, 0) is 24.5 Å². The molecule has 0 fully saturated rings. The Morgan fingerprint density at radius 2 is 1.36 bits per heavy atom. The number of esters is 1. The maximum absolute atomic E-state index is 12.8. The highest BCUT2D eigenvalue weighted by Gasteiger charge is 2.16. The molecule has 1 N–H and O–H groups in total. The van der Waals surface area contributed by atoms with Gasteiger partial charge in [-0.05, 0) is 41.0 Å². The highest BCUT2D eigenvalue weighted by molar-refractivity contribution is 9.10. The van der Waals surface area contributed by atoms with Gasteiger partial charge in [0.15, 0.2) is 0 Å². The topological polar surface area (TPSA) is 47.6 Å². The Balaban J connectivity index is 1.49. The van der Waals surface area contributed by atoms with Gasteiger partial charge in [-0.15, -0.1) is 0 Å². The Bertz CT molecular complexity index is 1180. The molecule has 0 aliphatic carbocycles. The molecule has 0 radical (unpaired) electrons. The first-order valence-corrected chi connectivity index (χ1v) is 11.5. The van der Waals surface area contributed by atoms with E-state index in [0.29, 0.717) is 24.5 Å². The molecule has 166 valence electrons. The number of halogens is 1. The van der Waals surface area contributed by atoms with Crippen molar-refractivity contribution in [1.82, 2.24) is 0 Å². The Hall–Kier alpha value is -3.57. The molecule has 4 aromatic rings. The van der Waals surface area contributed by atoms with Crippen LogP contribution >= 0.6 is 15.9 Å². The molecule has 0 spiro atoms. The summed E-state index contributed by atoms with van der Waals surface area (Å²) in [6, 6.07) is 33.1. The zero-order valence-corrected chi connectivity index (χ0v) is 19.6. The standard InChI is InChI=1S/C28H24BrNO3/c29-24-13-11-21(12-14-24)18-30-25-15-16-26(28(31)33-20-23-9-5-2-6-10-23)27(17-25)32-19-22-7-3-1-4-8-22/h1-17,30H,18-20H2. The summed E-state index contributed by atoms with van der Waals surface area (Å²) in [6.45, 7) is 1.22. The molecule has 0 aliphatic heterocycles. The second-order valence-corrected chi connectivity index (χ2v) is 8.44. The van der Waals surface area contributed by atoms with Crippen LogP contribution in [0.4, 0.5) is 5.69 Å². The van der Waals surface area contributed by atoms with Crippen molar-refractivity contribution in [3.8, 4) is 5.75 Å². The van der Waals surface area contributed by atoms with Crippen LogP contribution in [0.5, 0.6) is 5.75 Å². The molecule has 0 saturated heterocycles. The summed E-state index contributed by atoms with van der Waals surface area (Å²) in [7, 11) is 0. The van der Waals surface area contributed by atoms with Crippen LogP contribution in [0.2, 0.25) is 0 Å². The van der Waals surface area contributed by atoms with Crippen molar-refractivity contribution >= 4 is 27.6 Å². The molecule has 0 amide bonds.